The number of pyridine rings is 1. The number of carbonyl (C=O) groups excluding carboxylic acids is 2. The lowest BCUT2D eigenvalue weighted by Gasteiger charge is -2.32. The summed E-state index contributed by atoms with van der Waals surface area (Å²) in [5.41, 5.74) is 1.66. The Labute approximate surface area is 139 Å². The number of aromatic nitrogens is 1. The third kappa shape index (κ3) is 3.25. The highest BCUT2D eigenvalue weighted by molar-refractivity contribution is 6.02. The van der Waals surface area contributed by atoms with Crippen molar-refractivity contribution in [2.24, 2.45) is 0 Å². The molecule has 120 valence electrons. The van der Waals surface area contributed by atoms with Gasteiger partial charge < -0.3 is 10.2 Å². The Morgan fingerprint density at radius 3 is 2.75 bits per heavy atom. The Balaban J connectivity index is 1.71. The van der Waals surface area contributed by atoms with Crippen molar-refractivity contribution >= 4 is 17.5 Å². The Kier molecular flexibility index (Phi) is 4.52. The molecule has 24 heavy (non-hydrogen) atoms. The summed E-state index contributed by atoms with van der Waals surface area (Å²) in [5, 5.41) is 11.6. The highest BCUT2D eigenvalue weighted by atomic mass is 16.2. The molecule has 0 aliphatic carbocycles. The molecule has 1 aliphatic heterocycles. The number of nitrogens with one attached hydrogen (secondary N) is 1. The highest BCUT2D eigenvalue weighted by Gasteiger charge is 2.31. The minimum atomic E-state index is -0.554. The molecule has 6 heteroatoms. The van der Waals surface area contributed by atoms with Gasteiger partial charge in [-0.2, -0.15) is 5.26 Å². The molecule has 1 atom stereocenters. The maximum absolute atomic E-state index is 12.6. The van der Waals surface area contributed by atoms with Gasteiger partial charge in [-0.3, -0.25) is 14.6 Å². The van der Waals surface area contributed by atoms with Crippen molar-refractivity contribution in [1.82, 2.24) is 10.3 Å². The number of nitriles is 1. The standard InChI is InChI=1S/C18H16N4O2/c19-11-13-5-7-14(8-6-13)17(23)21-16-4-2-10-22(18(16)24)15-3-1-9-20-12-15/h1,3,5-9,12,16H,2,4,10H2,(H,21,23)/t16-/m0/s1. The number of amides is 2. The number of nitrogens with zero attached hydrogens (tertiary/aromatic N) is 3. The van der Waals surface area contributed by atoms with Crippen LogP contribution in [0.3, 0.4) is 0 Å². The second-order valence-electron chi connectivity index (χ2n) is 5.56. The van der Waals surface area contributed by atoms with E-state index in [0.717, 1.165) is 12.1 Å². The Morgan fingerprint density at radius 1 is 1.29 bits per heavy atom. The van der Waals surface area contributed by atoms with Crippen LogP contribution in [0.25, 0.3) is 0 Å². The molecule has 3 rings (SSSR count). The van der Waals surface area contributed by atoms with Crippen molar-refractivity contribution in [3.05, 3.63) is 59.9 Å². The van der Waals surface area contributed by atoms with Crippen LogP contribution >= 0.6 is 0 Å². The number of hydrogen-bond donors (Lipinski definition) is 1. The topological polar surface area (TPSA) is 86.1 Å². The van der Waals surface area contributed by atoms with E-state index in [4.69, 9.17) is 5.26 Å². The Hall–Kier alpha value is -3.20. The van der Waals surface area contributed by atoms with E-state index in [0.29, 0.717) is 24.1 Å². The summed E-state index contributed by atoms with van der Waals surface area (Å²) < 4.78 is 0. The van der Waals surface area contributed by atoms with Gasteiger partial charge in [-0.25, -0.2) is 0 Å². The van der Waals surface area contributed by atoms with E-state index in [-0.39, 0.29) is 11.8 Å². The van der Waals surface area contributed by atoms with Crippen molar-refractivity contribution in [2.45, 2.75) is 18.9 Å². The number of hydrogen-bond acceptors (Lipinski definition) is 4. The summed E-state index contributed by atoms with van der Waals surface area (Å²) in [6.07, 6.45) is 4.71. The fourth-order valence-corrected chi connectivity index (χ4v) is 2.72. The largest absolute Gasteiger partial charge is 0.340 e. The van der Waals surface area contributed by atoms with Crippen molar-refractivity contribution in [2.75, 3.05) is 11.4 Å². The second kappa shape index (κ2) is 6.92. The summed E-state index contributed by atoms with van der Waals surface area (Å²) >= 11 is 0. The normalized spacial score (nSPS) is 17.2. The Morgan fingerprint density at radius 2 is 2.08 bits per heavy atom. The maximum Gasteiger partial charge on any atom is 0.251 e. The zero-order valence-corrected chi connectivity index (χ0v) is 13.0. The number of carbonyl (C=O) groups is 2. The molecule has 6 nitrogen and oxygen atoms in total. The molecule has 1 aromatic carbocycles. The summed E-state index contributed by atoms with van der Waals surface area (Å²) in [6, 6.07) is 11.4. The van der Waals surface area contributed by atoms with Crippen LogP contribution in [0.5, 0.6) is 0 Å². The van der Waals surface area contributed by atoms with Crippen LogP contribution in [-0.2, 0) is 4.79 Å². The molecule has 1 N–H and O–H groups in total. The van der Waals surface area contributed by atoms with Crippen molar-refractivity contribution in [3.63, 3.8) is 0 Å². The van der Waals surface area contributed by atoms with Gasteiger partial charge in [0, 0.05) is 18.3 Å². The average molecular weight is 320 g/mol. The zero-order valence-electron chi connectivity index (χ0n) is 13.0. The molecule has 2 aromatic rings. The van der Waals surface area contributed by atoms with Crippen LogP contribution in [0.15, 0.2) is 48.8 Å². The van der Waals surface area contributed by atoms with E-state index < -0.39 is 6.04 Å². The molecule has 0 spiro atoms. The molecule has 2 heterocycles. The minimum Gasteiger partial charge on any atom is -0.340 e. The number of piperidine rings is 1. The SMILES string of the molecule is N#Cc1ccc(C(=O)N[C@H]2CCCN(c3cccnc3)C2=O)cc1. The quantitative estimate of drug-likeness (QED) is 0.935. The van der Waals surface area contributed by atoms with Crippen LogP contribution in [0.1, 0.15) is 28.8 Å². The lowest BCUT2D eigenvalue weighted by molar-refractivity contribution is -0.121. The second-order valence-corrected chi connectivity index (χ2v) is 5.56. The molecule has 0 saturated carbocycles. The predicted octanol–water partition coefficient (Wildman–Crippen LogP) is 1.88. The molecule has 0 unspecified atom stereocenters. The van der Waals surface area contributed by atoms with Gasteiger partial charge in [-0.1, -0.05) is 0 Å². The summed E-state index contributed by atoms with van der Waals surface area (Å²) in [6.45, 7) is 0.619. The fourth-order valence-electron chi connectivity index (χ4n) is 2.72. The predicted molar refractivity (Wildman–Crippen MR) is 88.2 cm³/mol. The first-order valence-corrected chi connectivity index (χ1v) is 7.71. The van der Waals surface area contributed by atoms with Gasteiger partial charge in [0.05, 0.1) is 23.5 Å². The van der Waals surface area contributed by atoms with Gasteiger partial charge in [0.2, 0.25) is 5.91 Å². The third-order valence-electron chi connectivity index (χ3n) is 3.98. The first-order chi connectivity index (χ1) is 11.7. The molecule has 0 radical (unpaired) electrons. The highest BCUT2D eigenvalue weighted by Crippen LogP contribution is 2.20. The minimum absolute atomic E-state index is 0.128. The molecule has 1 saturated heterocycles. The molecule has 0 bridgehead atoms. The van der Waals surface area contributed by atoms with E-state index in [2.05, 4.69) is 10.3 Å². The van der Waals surface area contributed by atoms with Gasteiger partial charge in [-0.15, -0.1) is 0 Å². The van der Waals surface area contributed by atoms with E-state index in [1.54, 1.807) is 47.6 Å². The van der Waals surface area contributed by atoms with E-state index in [1.807, 2.05) is 12.1 Å². The summed E-state index contributed by atoms with van der Waals surface area (Å²) in [4.78, 5) is 30.6. The number of rotatable bonds is 3. The van der Waals surface area contributed by atoms with Crippen LogP contribution in [0.2, 0.25) is 0 Å². The van der Waals surface area contributed by atoms with Crippen LogP contribution in [0, 0.1) is 11.3 Å². The van der Waals surface area contributed by atoms with Gasteiger partial charge >= 0.3 is 0 Å². The zero-order chi connectivity index (χ0) is 16.9. The molecular formula is C18H16N4O2. The van der Waals surface area contributed by atoms with E-state index in [1.165, 1.54) is 0 Å². The fraction of sp³-hybridized carbons (Fsp3) is 0.222. The lowest BCUT2D eigenvalue weighted by Crippen LogP contribution is -2.52. The molecule has 1 aromatic heterocycles. The first kappa shape index (κ1) is 15.7. The van der Waals surface area contributed by atoms with Crippen molar-refractivity contribution < 1.29 is 9.59 Å². The van der Waals surface area contributed by atoms with Gasteiger partial charge in [0.15, 0.2) is 0 Å². The van der Waals surface area contributed by atoms with E-state index in [9.17, 15) is 9.59 Å². The molecule has 2 amide bonds. The van der Waals surface area contributed by atoms with Crippen molar-refractivity contribution in [3.8, 4) is 6.07 Å². The van der Waals surface area contributed by atoms with Gasteiger partial charge in [0.25, 0.3) is 5.91 Å². The summed E-state index contributed by atoms with van der Waals surface area (Å²) in [5.74, 6) is -0.442. The molecule has 1 aliphatic rings. The molecular weight excluding hydrogens is 304 g/mol. The summed E-state index contributed by atoms with van der Waals surface area (Å²) in [7, 11) is 0. The van der Waals surface area contributed by atoms with Gasteiger partial charge in [0.1, 0.15) is 6.04 Å². The number of benzene rings is 1. The number of anilines is 1. The van der Waals surface area contributed by atoms with Crippen LogP contribution in [0.4, 0.5) is 5.69 Å². The Bertz CT molecular complexity index is 781. The lowest BCUT2D eigenvalue weighted by atomic mass is 10.0. The first-order valence-electron chi connectivity index (χ1n) is 7.71. The van der Waals surface area contributed by atoms with E-state index >= 15 is 0 Å². The smallest absolute Gasteiger partial charge is 0.251 e. The average Bonchev–Trinajstić information content (AvgIpc) is 2.64. The maximum atomic E-state index is 12.6. The van der Waals surface area contributed by atoms with Gasteiger partial charge in [-0.05, 0) is 49.2 Å². The monoisotopic (exact) mass is 320 g/mol. The van der Waals surface area contributed by atoms with Crippen LogP contribution < -0.4 is 10.2 Å². The van der Waals surface area contributed by atoms with Crippen molar-refractivity contribution in [1.29, 1.82) is 5.26 Å². The third-order valence-corrected chi connectivity index (χ3v) is 3.98. The van der Waals surface area contributed by atoms with Crippen LogP contribution in [-0.4, -0.2) is 29.4 Å². The molecule has 1 fully saturated rings.